The third-order valence-electron chi connectivity index (χ3n) is 7.85. The lowest BCUT2D eigenvalue weighted by atomic mass is 9.79. The van der Waals surface area contributed by atoms with Crippen LogP contribution in [0.2, 0.25) is 0 Å². The van der Waals surface area contributed by atoms with E-state index in [1.807, 2.05) is 31.2 Å². The number of rotatable bonds is 6. The van der Waals surface area contributed by atoms with Gasteiger partial charge in [0, 0.05) is 29.0 Å². The minimum absolute atomic E-state index is 0.117. The summed E-state index contributed by atoms with van der Waals surface area (Å²) < 4.78 is 41.1. The van der Waals surface area contributed by atoms with E-state index in [-0.39, 0.29) is 22.6 Å². The van der Waals surface area contributed by atoms with Crippen molar-refractivity contribution in [3.8, 4) is 5.75 Å². The number of nitrogens with zero attached hydrogens (tertiary/aromatic N) is 2. The van der Waals surface area contributed by atoms with Crippen LogP contribution in [0.25, 0.3) is 17.7 Å². The molecule has 3 heterocycles. The summed E-state index contributed by atoms with van der Waals surface area (Å²) in [6.45, 7) is 14.8. The van der Waals surface area contributed by atoms with Gasteiger partial charge in [0.05, 0.1) is 24.1 Å². The van der Waals surface area contributed by atoms with Gasteiger partial charge >= 0.3 is 11.2 Å². The average molecular weight is 639 g/mol. The number of ether oxygens (including phenoxy) is 1. The quantitative estimate of drug-likeness (QED) is 0.216. The van der Waals surface area contributed by atoms with Gasteiger partial charge in [-0.25, -0.2) is 3.97 Å². The summed E-state index contributed by atoms with van der Waals surface area (Å²) in [5.41, 5.74) is 6.85. The van der Waals surface area contributed by atoms with Crippen LogP contribution in [0.3, 0.4) is 0 Å². The standard InChI is InChI=1S/C35H38ClF2N3O2S/c1-22-18-27(16-13-24-19-25(34(2,3)4)20-28(33(24)43-8)35(5,6)7)41-32(22)31(29-10-9-17-40(29)44(41,37)38)23-11-14-26(15-12-23)39-30(42)21-36/h9-20H,21H2,1-8H3/p+1. The van der Waals surface area contributed by atoms with Crippen LogP contribution in [-0.2, 0) is 15.6 Å². The molecule has 0 atom stereocenters. The van der Waals surface area contributed by atoms with Gasteiger partial charge < -0.3 is 10.1 Å². The number of benzene rings is 2. The van der Waals surface area contributed by atoms with E-state index in [1.165, 1.54) is 10.2 Å². The van der Waals surface area contributed by atoms with E-state index in [1.54, 1.807) is 37.5 Å². The first-order valence-electron chi connectivity index (χ1n) is 14.5. The second-order valence-corrected chi connectivity index (χ2v) is 15.0. The number of hydrogen-bond donors (Lipinski definition) is 1. The first-order chi connectivity index (χ1) is 20.6. The minimum atomic E-state index is -4.46. The van der Waals surface area contributed by atoms with Gasteiger partial charge in [0.15, 0.2) is 6.21 Å². The lowest BCUT2D eigenvalue weighted by molar-refractivity contribution is -0.296. The molecule has 0 radical (unpaired) electrons. The van der Waals surface area contributed by atoms with Gasteiger partial charge in [-0.1, -0.05) is 71.5 Å². The Morgan fingerprint density at radius 3 is 2.32 bits per heavy atom. The lowest BCUT2D eigenvalue weighted by Gasteiger charge is -2.28. The predicted molar refractivity (Wildman–Crippen MR) is 181 cm³/mol. The van der Waals surface area contributed by atoms with E-state index in [4.69, 9.17) is 16.3 Å². The third kappa shape index (κ3) is 5.66. The summed E-state index contributed by atoms with van der Waals surface area (Å²) in [6, 6.07) is 13.3. The maximum Gasteiger partial charge on any atom is 0.388 e. The van der Waals surface area contributed by atoms with Crippen molar-refractivity contribution in [2.45, 2.75) is 59.3 Å². The van der Waals surface area contributed by atoms with E-state index >= 15 is 7.77 Å². The molecule has 9 heteroatoms. The van der Waals surface area contributed by atoms with Crippen molar-refractivity contribution in [2.75, 3.05) is 18.3 Å². The fraction of sp³-hybridized carbons (Fsp3) is 0.314. The number of aryl methyl sites for hydroxylation is 1. The van der Waals surface area contributed by atoms with Crippen LogP contribution in [0.4, 0.5) is 13.5 Å². The Labute approximate surface area is 265 Å². The number of aromatic nitrogens is 1. The topological polar surface area (TPSA) is 46.3 Å². The molecule has 2 aliphatic heterocycles. The molecule has 232 valence electrons. The highest BCUT2D eigenvalue weighted by atomic mass is 35.5. The van der Waals surface area contributed by atoms with Gasteiger partial charge in [-0.05, 0) is 70.9 Å². The fourth-order valence-electron chi connectivity index (χ4n) is 5.62. The van der Waals surface area contributed by atoms with Gasteiger partial charge in [0.2, 0.25) is 11.6 Å². The number of methoxy groups -OCH3 is 1. The van der Waals surface area contributed by atoms with Gasteiger partial charge in [-0.3, -0.25) is 4.79 Å². The summed E-state index contributed by atoms with van der Waals surface area (Å²) in [7, 11) is 1.65. The minimum Gasteiger partial charge on any atom is -0.496 e. The molecule has 0 fully saturated rings. The van der Waals surface area contributed by atoms with Crippen LogP contribution < -0.4 is 10.1 Å². The number of alkyl halides is 1. The maximum absolute atomic E-state index is 16.4. The summed E-state index contributed by atoms with van der Waals surface area (Å²) in [4.78, 5) is 11.8. The molecule has 1 aromatic heterocycles. The summed E-state index contributed by atoms with van der Waals surface area (Å²) >= 11 is 1.17. The molecule has 0 aliphatic carbocycles. The zero-order valence-electron chi connectivity index (χ0n) is 26.4. The molecule has 3 aromatic rings. The van der Waals surface area contributed by atoms with Gasteiger partial charge in [0.25, 0.3) is 0 Å². The molecular formula is C35H39ClF2N3O2S+. The number of hydrogen-bond acceptors (Lipinski definition) is 2. The Morgan fingerprint density at radius 2 is 1.73 bits per heavy atom. The number of carbonyl (C=O) groups excluding carboxylic acids is 1. The van der Waals surface area contributed by atoms with Gasteiger partial charge in [-0.2, -0.15) is 0 Å². The second-order valence-electron chi connectivity index (χ2n) is 13.1. The Morgan fingerprint density at radius 1 is 1.05 bits per heavy atom. The Bertz CT molecular complexity index is 1770. The van der Waals surface area contributed by atoms with Crippen molar-refractivity contribution in [1.82, 2.24) is 3.97 Å². The van der Waals surface area contributed by atoms with Crippen molar-refractivity contribution in [3.05, 3.63) is 99.5 Å². The van der Waals surface area contributed by atoms with E-state index in [9.17, 15) is 4.79 Å². The number of nitrogens with one attached hydrogen (secondary N) is 1. The molecule has 0 spiro atoms. The van der Waals surface area contributed by atoms with Crippen molar-refractivity contribution in [2.24, 2.45) is 0 Å². The van der Waals surface area contributed by atoms with Crippen molar-refractivity contribution in [1.29, 1.82) is 0 Å². The highest BCUT2D eigenvalue weighted by Crippen LogP contribution is 2.62. The molecule has 1 amide bonds. The third-order valence-corrected chi connectivity index (χ3v) is 9.71. The molecule has 44 heavy (non-hydrogen) atoms. The fourth-order valence-corrected chi connectivity index (χ4v) is 7.29. The normalized spacial score (nSPS) is 16.6. The van der Waals surface area contributed by atoms with Crippen molar-refractivity contribution >= 4 is 58.3 Å². The molecule has 0 saturated heterocycles. The number of allylic oxidation sites excluding steroid dienone is 2. The summed E-state index contributed by atoms with van der Waals surface area (Å²) in [5.74, 6) is 0.267. The smallest absolute Gasteiger partial charge is 0.388 e. The molecule has 0 bridgehead atoms. The molecule has 5 rings (SSSR count). The predicted octanol–water partition coefficient (Wildman–Crippen LogP) is 9.43. The monoisotopic (exact) mass is 638 g/mol. The first kappa shape index (κ1) is 31.8. The molecule has 0 unspecified atom stereocenters. The number of fused-ring (bicyclic) bond motifs is 2. The van der Waals surface area contributed by atoms with Crippen LogP contribution in [0.15, 0.2) is 60.3 Å². The Balaban J connectivity index is 1.67. The van der Waals surface area contributed by atoms with E-state index in [2.05, 4.69) is 59.0 Å². The Hall–Kier alpha value is -3.62. The summed E-state index contributed by atoms with van der Waals surface area (Å²) in [5, 5.41) is 2.73. The number of amides is 1. The van der Waals surface area contributed by atoms with Crippen LogP contribution in [0.1, 0.15) is 80.7 Å². The number of anilines is 1. The van der Waals surface area contributed by atoms with E-state index in [0.717, 1.165) is 37.5 Å². The van der Waals surface area contributed by atoms with Gasteiger partial charge in [-0.15, -0.1) is 11.6 Å². The number of carbonyl (C=O) groups is 1. The summed E-state index contributed by atoms with van der Waals surface area (Å²) in [6.07, 6.45) is 8.48. The first-order valence-corrected chi connectivity index (χ1v) is 16.3. The molecule has 5 nitrogen and oxygen atoms in total. The molecule has 2 aromatic carbocycles. The molecule has 0 saturated carbocycles. The van der Waals surface area contributed by atoms with Crippen LogP contribution in [0.5, 0.6) is 5.75 Å². The van der Waals surface area contributed by atoms with Crippen LogP contribution in [0, 0.1) is 6.92 Å². The van der Waals surface area contributed by atoms with E-state index < -0.39 is 11.2 Å². The van der Waals surface area contributed by atoms with Gasteiger partial charge in [0.1, 0.15) is 11.6 Å². The van der Waals surface area contributed by atoms with Crippen LogP contribution in [-0.4, -0.2) is 33.1 Å². The average Bonchev–Trinajstić information content (AvgIpc) is 3.57. The molecule has 2 aliphatic rings. The Kier molecular flexibility index (Phi) is 8.23. The maximum atomic E-state index is 16.4. The molecular weight excluding hydrogens is 600 g/mol. The zero-order chi connectivity index (χ0) is 32.2. The zero-order valence-corrected chi connectivity index (χ0v) is 28.0. The van der Waals surface area contributed by atoms with Crippen LogP contribution >= 0.6 is 22.8 Å². The second kappa shape index (κ2) is 11.4. The highest BCUT2D eigenvalue weighted by molar-refractivity contribution is 8.18. The lowest BCUT2D eigenvalue weighted by Crippen LogP contribution is -2.24. The van der Waals surface area contributed by atoms with E-state index in [0.29, 0.717) is 28.3 Å². The SMILES string of the molecule is COc1c(C=Cc2cc(C)c3n2S(F)(F)[N+]2=CC=CC2=C3c2ccc(NC(=O)CCl)cc2)cc(C(C)(C)C)cc1C(C)(C)C. The largest absolute Gasteiger partial charge is 0.496 e. The highest BCUT2D eigenvalue weighted by Gasteiger charge is 2.51. The van der Waals surface area contributed by atoms with Crippen molar-refractivity contribution in [3.63, 3.8) is 0 Å². The van der Waals surface area contributed by atoms with Crippen molar-refractivity contribution < 1.29 is 21.3 Å². The molecule has 1 N–H and O–H groups in total. The number of halogens is 3.